The highest BCUT2D eigenvalue weighted by atomic mass is 35.5. The van der Waals surface area contributed by atoms with Crippen LogP contribution in [-0.2, 0) is 22.7 Å². The number of halogens is 1. The van der Waals surface area contributed by atoms with E-state index >= 15 is 0 Å². The fraction of sp³-hybridized carbons (Fsp3) is 0.444. The van der Waals surface area contributed by atoms with Gasteiger partial charge in [-0.2, -0.15) is 0 Å². The van der Waals surface area contributed by atoms with Crippen molar-refractivity contribution in [2.75, 3.05) is 32.8 Å². The maximum Gasteiger partial charge on any atom is 0.230 e. The molecule has 0 bridgehead atoms. The number of thiophene rings is 1. The first-order chi connectivity index (χ1) is 17.3. The van der Waals surface area contributed by atoms with E-state index in [1.54, 1.807) is 11.3 Å². The van der Waals surface area contributed by atoms with Gasteiger partial charge in [-0.25, -0.2) is 0 Å². The second kappa shape index (κ2) is 10.6. The summed E-state index contributed by atoms with van der Waals surface area (Å²) in [4.78, 5) is 36.0. The molecule has 2 aromatic heterocycles. The minimum atomic E-state index is -0.105. The van der Waals surface area contributed by atoms with Crippen LogP contribution in [0.15, 0.2) is 30.5 Å². The molecule has 0 unspecified atom stereocenters. The monoisotopic (exact) mass is 526 g/mol. The number of fused-ring (bicyclic) bond motifs is 1. The number of piperazine rings is 1. The van der Waals surface area contributed by atoms with E-state index in [0.29, 0.717) is 37.0 Å². The van der Waals surface area contributed by atoms with Crippen LogP contribution < -0.4 is 0 Å². The minimum absolute atomic E-state index is 0.105. The Balaban J connectivity index is 1.48. The zero-order valence-electron chi connectivity index (χ0n) is 20.7. The Labute approximate surface area is 220 Å². The lowest BCUT2D eigenvalue weighted by Crippen LogP contribution is -2.52. The molecule has 1 N–H and O–H groups in total. The van der Waals surface area contributed by atoms with E-state index in [1.165, 1.54) is 10.5 Å². The van der Waals surface area contributed by atoms with E-state index in [4.69, 9.17) is 11.6 Å². The van der Waals surface area contributed by atoms with Gasteiger partial charge in [-0.15, -0.1) is 11.3 Å². The third-order valence-electron chi connectivity index (χ3n) is 7.29. The molecule has 190 valence electrons. The average Bonchev–Trinajstić information content (AvgIpc) is 3.40. The summed E-state index contributed by atoms with van der Waals surface area (Å²) in [6, 6.07) is 8.46. The number of benzene rings is 1. The van der Waals surface area contributed by atoms with Crippen LogP contribution in [0.25, 0.3) is 21.3 Å². The van der Waals surface area contributed by atoms with Crippen LogP contribution >= 0.6 is 22.9 Å². The van der Waals surface area contributed by atoms with Crippen molar-refractivity contribution < 1.29 is 14.7 Å². The topological polar surface area (TPSA) is 77.0 Å². The molecule has 1 aromatic carbocycles. The number of β-amino-alcohol motifs (C(OH)–C–C–N with tert-alkyl or cyclic N) is 1. The smallest absolute Gasteiger partial charge is 0.230 e. The number of rotatable bonds is 7. The summed E-state index contributed by atoms with van der Waals surface area (Å²) in [5, 5.41) is 10.0. The summed E-state index contributed by atoms with van der Waals surface area (Å²) in [6.07, 6.45) is 2.41. The Kier molecular flexibility index (Phi) is 7.42. The maximum atomic E-state index is 12.1. The fourth-order valence-corrected chi connectivity index (χ4v) is 6.71. The Morgan fingerprint density at radius 1 is 1.11 bits per heavy atom. The number of aryl methyl sites for hydroxylation is 1. The Morgan fingerprint density at radius 2 is 1.89 bits per heavy atom. The van der Waals surface area contributed by atoms with Crippen molar-refractivity contribution in [3.05, 3.63) is 51.5 Å². The zero-order chi connectivity index (χ0) is 25.4. The number of imide groups is 1. The molecule has 2 fully saturated rings. The largest absolute Gasteiger partial charge is 0.395 e. The van der Waals surface area contributed by atoms with Gasteiger partial charge in [0.2, 0.25) is 11.8 Å². The number of hydrogen-bond donors (Lipinski definition) is 1. The first-order valence-electron chi connectivity index (χ1n) is 12.4. The Hall–Kier alpha value is -2.36. The molecule has 7 nitrogen and oxygen atoms in total. The number of aliphatic hydroxyl groups excluding tert-OH is 1. The molecule has 2 aliphatic heterocycles. The van der Waals surface area contributed by atoms with Gasteiger partial charge in [-0.3, -0.25) is 29.3 Å². The van der Waals surface area contributed by atoms with E-state index in [-0.39, 0.29) is 18.4 Å². The van der Waals surface area contributed by atoms with Gasteiger partial charge in [-0.1, -0.05) is 11.6 Å². The SMILES string of the molecule is Cc1cc(Cl)cc(-c2ccnc3cc(CN4C(=O)CCC4=O)sc23)c1CN1CCN(CCO)C[C@@H]1C. The third-order valence-corrected chi connectivity index (χ3v) is 8.65. The third kappa shape index (κ3) is 5.06. The quantitative estimate of drug-likeness (QED) is 0.468. The predicted molar refractivity (Wildman–Crippen MR) is 143 cm³/mol. The van der Waals surface area contributed by atoms with Crippen LogP contribution in [0.1, 0.15) is 35.8 Å². The van der Waals surface area contributed by atoms with Gasteiger partial charge in [0.15, 0.2) is 0 Å². The van der Waals surface area contributed by atoms with Gasteiger partial charge in [0.1, 0.15) is 0 Å². The van der Waals surface area contributed by atoms with E-state index < -0.39 is 0 Å². The number of amides is 2. The molecule has 2 amide bonds. The van der Waals surface area contributed by atoms with Crippen molar-refractivity contribution in [1.29, 1.82) is 0 Å². The molecule has 5 rings (SSSR count). The standard InChI is InChI=1S/C27H31ClN4O3S/c1-17-11-19(28)12-22(23(17)16-31-8-7-30(9-10-33)14-18(31)2)21-5-6-29-24-13-20(36-27(21)24)15-32-25(34)3-4-26(32)35/h5-6,11-13,18,33H,3-4,7-10,14-16H2,1-2H3/t18-/m0/s1. The van der Waals surface area contributed by atoms with Crippen LogP contribution in [0, 0.1) is 6.92 Å². The lowest BCUT2D eigenvalue weighted by molar-refractivity contribution is -0.138. The van der Waals surface area contributed by atoms with E-state index in [0.717, 1.165) is 58.0 Å². The molecule has 0 aliphatic carbocycles. The highest BCUT2D eigenvalue weighted by molar-refractivity contribution is 7.19. The zero-order valence-corrected chi connectivity index (χ0v) is 22.2. The van der Waals surface area contributed by atoms with Gasteiger partial charge in [-0.05, 0) is 54.8 Å². The van der Waals surface area contributed by atoms with Crippen molar-refractivity contribution >= 4 is 45.0 Å². The Bertz CT molecular complexity index is 1290. The molecule has 36 heavy (non-hydrogen) atoms. The minimum Gasteiger partial charge on any atom is -0.395 e. The van der Waals surface area contributed by atoms with Crippen LogP contribution in [0.5, 0.6) is 0 Å². The second-order valence-electron chi connectivity index (χ2n) is 9.75. The van der Waals surface area contributed by atoms with Gasteiger partial charge in [0.05, 0.1) is 23.4 Å². The van der Waals surface area contributed by atoms with Crippen molar-refractivity contribution in [3.8, 4) is 11.1 Å². The Morgan fingerprint density at radius 3 is 2.61 bits per heavy atom. The van der Waals surface area contributed by atoms with E-state index in [1.807, 2.05) is 30.5 Å². The molecule has 0 spiro atoms. The molecule has 4 heterocycles. The number of carbonyl (C=O) groups excluding carboxylic acids is 2. The van der Waals surface area contributed by atoms with Crippen molar-refractivity contribution in [3.63, 3.8) is 0 Å². The van der Waals surface area contributed by atoms with E-state index in [9.17, 15) is 14.7 Å². The highest BCUT2D eigenvalue weighted by Gasteiger charge is 2.30. The molecule has 0 radical (unpaired) electrons. The molecule has 2 saturated heterocycles. The first kappa shape index (κ1) is 25.3. The molecular weight excluding hydrogens is 496 g/mol. The summed E-state index contributed by atoms with van der Waals surface area (Å²) >= 11 is 8.15. The summed E-state index contributed by atoms with van der Waals surface area (Å²) in [5.41, 5.74) is 5.43. The number of nitrogens with zero attached hydrogens (tertiary/aromatic N) is 4. The van der Waals surface area contributed by atoms with Gasteiger partial charge < -0.3 is 5.11 Å². The molecule has 1 atom stereocenters. The van der Waals surface area contributed by atoms with Gasteiger partial charge in [0, 0.05) is 73.3 Å². The lowest BCUT2D eigenvalue weighted by atomic mass is 9.95. The maximum absolute atomic E-state index is 12.1. The fourth-order valence-electron chi connectivity index (χ4n) is 5.31. The lowest BCUT2D eigenvalue weighted by Gasteiger charge is -2.40. The van der Waals surface area contributed by atoms with E-state index in [2.05, 4.69) is 28.6 Å². The number of carbonyl (C=O) groups is 2. The number of hydrogen-bond acceptors (Lipinski definition) is 7. The first-order valence-corrected chi connectivity index (χ1v) is 13.6. The summed E-state index contributed by atoms with van der Waals surface area (Å²) in [6.45, 7) is 9.18. The molecule has 0 saturated carbocycles. The normalized spacial score (nSPS) is 19.7. The molecule has 9 heteroatoms. The van der Waals surface area contributed by atoms with Crippen LogP contribution in [-0.4, -0.2) is 75.4 Å². The summed E-state index contributed by atoms with van der Waals surface area (Å²) < 4.78 is 1.04. The number of likely N-dealkylation sites (tertiary alicyclic amines) is 1. The molecule has 2 aliphatic rings. The van der Waals surface area contributed by atoms with Crippen molar-refractivity contribution in [2.45, 2.75) is 45.8 Å². The van der Waals surface area contributed by atoms with Gasteiger partial charge in [0.25, 0.3) is 0 Å². The summed E-state index contributed by atoms with van der Waals surface area (Å²) in [7, 11) is 0. The highest BCUT2D eigenvalue weighted by Crippen LogP contribution is 2.39. The van der Waals surface area contributed by atoms with Crippen LogP contribution in [0.2, 0.25) is 5.02 Å². The van der Waals surface area contributed by atoms with Crippen LogP contribution in [0.3, 0.4) is 0 Å². The number of aliphatic hydroxyl groups is 1. The average molecular weight is 527 g/mol. The molecule has 3 aromatic rings. The van der Waals surface area contributed by atoms with Crippen molar-refractivity contribution in [2.24, 2.45) is 0 Å². The predicted octanol–water partition coefficient (Wildman–Crippen LogP) is 4.07. The van der Waals surface area contributed by atoms with Crippen LogP contribution in [0.4, 0.5) is 0 Å². The number of pyridine rings is 1. The molecular formula is C27H31ClN4O3S. The second-order valence-corrected chi connectivity index (χ2v) is 11.3. The van der Waals surface area contributed by atoms with Crippen molar-refractivity contribution in [1.82, 2.24) is 19.7 Å². The van der Waals surface area contributed by atoms with Gasteiger partial charge >= 0.3 is 0 Å². The number of aromatic nitrogens is 1. The summed E-state index contributed by atoms with van der Waals surface area (Å²) in [5.74, 6) is -0.210.